The van der Waals surface area contributed by atoms with Crippen LogP contribution in [0.2, 0.25) is 0 Å². The molecule has 1 heterocycles. The van der Waals surface area contributed by atoms with Crippen molar-refractivity contribution in [2.45, 2.75) is 32.7 Å². The molecule has 1 aliphatic rings. The van der Waals surface area contributed by atoms with Crippen LogP contribution in [-0.4, -0.2) is 47.9 Å². The summed E-state index contributed by atoms with van der Waals surface area (Å²) in [5, 5.41) is 0. The number of halogens is 1. The van der Waals surface area contributed by atoms with E-state index >= 15 is 0 Å². The van der Waals surface area contributed by atoms with E-state index in [4.69, 9.17) is 0 Å². The van der Waals surface area contributed by atoms with Gasteiger partial charge in [0, 0.05) is 22.7 Å². The van der Waals surface area contributed by atoms with E-state index in [0.717, 1.165) is 48.2 Å². The van der Waals surface area contributed by atoms with E-state index in [2.05, 4.69) is 41.3 Å². The lowest BCUT2D eigenvalue weighted by Crippen LogP contribution is -2.46. The van der Waals surface area contributed by atoms with Gasteiger partial charge in [0.05, 0.1) is 5.56 Å². The van der Waals surface area contributed by atoms with Gasteiger partial charge in [-0.2, -0.15) is 0 Å². The maximum atomic E-state index is 12.5. The summed E-state index contributed by atoms with van der Waals surface area (Å²) in [4.78, 5) is 17.1. The zero-order valence-electron chi connectivity index (χ0n) is 12.3. The zero-order valence-corrected chi connectivity index (χ0v) is 14.5. The third kappa shape index (κ3) is 3.52. The smallest absolute Gasteiger partial charge is 0.254 e. The fourth-order valence-corrected chi connectivity index (χ4v) is 3.60. The topological polar surface area (TPSA) is 23.6 Å². The predicted octanol–water partition coefficient (Wildman–Crippen LogP) is 3.24. The van der Waals surface area contributed by atoms with Gasteiger partial charge in [-0.05, 0) is 60.7 Å². The van der Waals surface area contributed by atoms with E-state index in [1.54, 1.807) is 0 Å². The first-order valence-corrected chi connectivity index (χ1v) is 8.53. The van der Waals surface area contributed by atoms with Crippen molar-refractivity contribution >= 4 is 28.5 Å². The van der Waals surface area contributed by atoms with Gasteiger partial charge in [-0.1, -0.05) is 26.0 Å². The Labute approximate surface area is 135 Å². The van der Waals surface area contributed by atoms with E-state index in [1.807, 2.05) is 29.2 Å². The minimum Gasteiger partial charge on any atom is -0.338 e. The molecule has 1 saturated heterocycles. The van der Waals surface area contributed by atoms with Crippen molar-refractivity contribution in [1.29, 1.82) is 0 Å². The maximum Gasteiger partial charge on any atom is 0.254 e. The summed E-state index contributed by atoms with van der Waals surface area (Å²) in [7, 11) is 0. The molecule has 20 heavy (non-hydrogen) atoms. The van der Waals surface area contributed by atoms with Crippen LogP contribution in [0.25, 0.3) is 0 Å². The van der Waals surface area contributed by atoms with Crippen molar-refractivity contribution < 1.29 is 4.79 Å². The molecule has 0 bridgehead atoms. The van der Waals surface area contributed by atoms with Crippen LogP contribution in [0.15, 0.2) is 24.3 Å². The van der Waals surface area contributed by atoms with Gasteiger partial charge in [0.15, 0.2) is 0 Å². The molecule has 1 fully saturated rings. The molecule has 0 unspecified atom stereocenters. The third-order valence-electron chi connectivity index (χ3n) is 4.18. The average Bonchev–Trinajstić information content (AvgIpc) is 2.49. The van der Waals surface area contributed by atoms with Crippen LogP contribution >= 0.6 is 22.6 Å². The second kappa shape index (κ2) is 7.41. The first-order valence-electron chi connectivity index (χ1n) is 7.45. The molecule has 4 heteroatoms. The van der Waals surface area contributed by atoms with Crippen molar-refractivity contribution in [2.75, 3.05) is 26.2 Å². The van der Waals surface area contributed by atoms with Crippen LogP contribution < -0.4 is 0 Å². The maximum absolute atomic E-state index is 12.5. The normalized spacial score (nSPS) is 16.7. The zero-order chi connectivity index (χ0) is 14.5. The Balaban J connectivity index is 1.97. The highest BCUT2D eigenvalue weighted by molar-refractivity contribution is 14.1. The fraction of sp³-hybridized carbons (Fsp3) is 0.562. The van der Waals surface area contributed by atoms with E-state index < -0.39 is 0 Å². The summed E-state index contributed by atoms with van der Waals surface area (Å²) in [6.45, 7) is 8.40. The SMILES string of the molecule is CCN(CC)C1CCN(C(=O)c2ccccc2I)CC1. The minimum absolute atomic E-state index is 0.188. The number of amides is 1. The van der Waals surface area contributed by atoms with Gasteiger partial charge in [-0.3, -0.25) is 4.79 Å². The van der Waals surface area contributed by atoms with Gasteiger partial charge in [0.25, 0.3) is 5.91 Å². The molecule has 3 nitrogen and oxygen atoms in total. The van der Waals surface area contributed by atoms with Crippen LogP contribution in [-0.2, 0) is 0 Å². The molecule has 110 valence electrons. The van der Waals surface area contributed by atoms with Gasteiger partial charge in [-0.25, -0.2) is 0 Å². The Morgan fingerprint density at radius 2 is 1.85 bits per heavy atom. The van der Waals surface area contributed by atoms with Crippen LogP contribution in [0.4, 0.5) is 0 Å². The number of benzene rings is 1. The summed E-state index contributed by atoms with van der Waals surface area (Å²) in [6.07, 6.45) is 2.19. The summed E-state index contributed by atoms with van der Waals surface area (Å²) in [5.41, 5.74) is 0.842. The highest BCUT2D eigenvalue weighted by Crippen LogP contribution is 2.20. The molecule has 0 aliphatic carbocycles. The lowest BCUT2D eigenvalue weighted by molar-refractivity contribution is 0.0630. The molecule has 0 spiro atoms. The van der Waals surface area contributed by atoms with Crippen molar-refractivity contribution in [3.8, 4) is 0 Å². The fourth-order valence-electron chi connectivity index (χ4n) is 2.98. The standard InChI is InChI=1S/C16H23IN2O/c1-3-18(4-2)13-9-11-19(12-10-13)16(20)14-7-5-6-8-15(14)17/h5-8,13H,3-4,9-12H2,1-2H3. The minimum atomic E-state index is 0.188. The molecule has 1 amide bonds. The van der Waals surface area contributed by atoms with Gasteiger partial charge in [0.2, 0.25) is 0 Å². The van der Waals surface area contributed by atoms with Crippen LogP contribution in [0, 0.1) is 3.57 Å². The molecule has 1 aromatic carbocycles. The lowest BCUT2D eigenvalue weighted by atomic mass is 10.0. The van der Waals surface area contributed by atoms with Gasteiger partial charge >= 0.3 is 0 Å². The number of likely N-dealkylation sites (tertiary alicyclic amines) is 1. The quantitative estimate of drug-likeness (QED) is 0.742. The third-order valence-corrected chi connectivity index (χ3v) is 5.13. The molecule has 2 rings (SSSR count). The number of nitrogens with zero attached hydrogens (tertiary/aromatic N) is 2. The molecule has 0 atom stereocenters. The summed E-state index contributed by atoms with van der Waals surface area (Å²) < 4.78 is 1.04. The molecule has 0 saturated carbocycles. The van der Waals surface area contributed by atoms with Crippen molar-refractivity contribution in [3.63, 3.8) is 0 Å². The lowest BCUT2D eigenvalue weighted by Gasteiger charge is -2.37. The molecule has 1 aliphatic heterocycles. The Bertz CT molecular complexity index is 452. The van der Waals surface area contributed by atoms with Crippen LogP contribution in [0.1, 0.15) is 37.0 Å². The Morgan fingerprint density at radius 1 is 1.25 bits per heavy atom. The highest BCUT2D eigenvalue weighted by atomic mass is 127. The Morgan fingerprint density at radius 3 is 2.40 bits per heavy atom. The highest BCUT2D eigenvalue weighted by Gasteiger charge is 2.26. The monoisotopic (exact) mass is 386 g/mol. The number of rotatable bonds is 4. The number of hydrogen-bond donors (Lipinski definition) is 0. The summed E-state index contributed by atoms with van der Waals surface area (Å²) >= 11 is 2.24. The summed E-state index contributed by atoms with van der Waals surface area (Å²) in [5.74, 6) is 0.188. The second-order valence-corrected chi connectivity index (χ2v) is 6.39. The number of hydrogen-bond acceptors (Lipinski definition) is 2. The van der Waals surface area contributed by atoms with Crippen LogP contribution in [0.5, 0.6) is 0 Å². The molecule has 0 aromatic heterocycles. The first kappa shape index (κ1) is 15.8. The molecular formula is C16H23IN2O. The largest absolute Gasteiger partial charge is 0.338 e. The molecule has 1 aromatic rings. The van der Waals surface area contributed by atoms with Crippen molar-refractivity contribution in [1.82, 2.24) is 9.80 Å². The van der Waals surface area contributed by atoms with E-state index in [1.165, 1.54) is 0 Å². The van der Waals surface area contributed by atoms with Crippen molar-refractivity contribution in [3.05, 3.63) is 33.4 Å². The average molecular weight is 386 g/mol. The number of piperidine rings is 1. The van der Waals surface area contributed by atoms with Gasteiger partial charge < -0.3 is 9.80 Å². The Hall–Kier alpha value is -0.620. The van der Waals surface area contributed by atoms with Gasteiger partial charge in [-0.15, -0.1) is 0 Å². The summed E-state index contributed by atoms with van der Waals surface area (Å²) in [6, 6.07) is 8.49. The predicted molar refractivity (Wildman–Crippen MR) is 91.0 cm³/mol. The number of carbonyl (C=O) groups is 1. The Kier molecular flexibility index (Phi) is 5.84. The van der Waals surface area contributed by atoms with E-state index in [0.29, 0.717) is 6.04 Å². The molecular weight excluding hydrogens is 363 g/mol. The second-order valence-electron chi connectivity index (χ2n) is 5.22. The molecule has 0 N–H and O–H groups in total. The first-order chi connectivity index (χ1) is 9.67. The molecule has 0 radical (unpaired) electrons. The van der Waals surface area contributed by atoms with Gasteiger partial charge in [0.1, 0.15) is 0 Å². The van der Waals surface area contributed by atoms with Crippen LogP contribution in [0.3, 0.4) is 0 Å². The van der Waals surface area contributed by atoms with Crippen molar-refractivity contribution in [2.24, 2.45) is 0 Å². The van der Waals surface area contributed by atoms with E-state index in [9.17, 15) is 4.79 Å². The van der Waals surface area contributed by atoms with E-state index in [-0.39, 0.29) is 5.91 Å². The number of carbonyl (C=O) groups excluding carboxylic acids is 1.